The Kier molecular flexibility index (Phi) is 5.68. The molecule has 0 saturated heterocycles. The first-order valence-electron chi connectivity index (χ1n) is 9.13. The molecule has 0 aromatic heterocycles. The Morgan fingerprint density at radius 3 is 2.25 bits per heavy atom. The molecule has 2 heteroatoms. The fraction of sp³-hybridized carbons (Fsp3) is 0.409. The SMILES string of the molecule is Cc1ccc([C@@H](CC(=O)NC2CCCCC2)c2ccccc2)cc1. The monoisotopic (exact) mass is 321 g/mol. The van der Waals surface area contributed by atoms with Crippen LogP contribution in [0.3, 0.4) is 0 Å². The molecule has 3 rings (SSSR count). The Morgan fingerprint density at radius 1 is 0.958 bits per heavy atom. The Bertz CT molecular complexity index is 641. The molecule has 24 heavy (non-hydrogen) atoms. The minimum atomic E-state index is 0.121. The van der Waals surface area contributed by atoms with Crippen LogP contribution in [0.5, 0.6) is 0 Å². The van der Waals surface area contributed by atoms with E-state index in [2.05, 4.69) is 60.8 Å². The smallest absolute Gasteiger partial charge is 0.221 e. The minimum Gasteiger partial charge on any atom is -0.353 e. The lowest BCUT2D eigenvalue weighted by Crippen LogP contribution is -2.36. The number of hydrogen-bond acceptors (Lipinski definition) is 1. The second kappa shape index (κ2) is 8.14. The lowest BCUT2D eigenvalue weighted by Gasteiger charge is -2.24. The molecular weight excluding hydrogens is 294 g/mol. The first-order chi connectivity index (χ1) is 11.7. The lowest BCUT2D eigenvalue weighted by molar-refractivity contribution is -0.122. The molecule has 0 heterocycles. The average molecular weight is 321 g/mol. The van der Waals surface area contributed by atoms with E-state index in [1.165, 1.54) is 36.0 Å². The van der Waals surface area contributed by atoms with E-state index in [1.54, 1.807) is 0 Å². The Labute approximate surface area is 145 Å². The fourth-order valence-corrected chi connectivity index (χ4v) is 3.63. The van der Waals surface area contributed by atoms with Gasteiger partial charge in [-0.2, -0.15) is 0 Å². The molecule has 1 N–H and O–H groups in total. The molecule has 0 bridgehead atoms. The molecule has 1 atom stereocenters. The van der Waals surface area contributed by atoms with Crippen molar-refractivity contribution in [3.8, 4) is 0 Å². The number of carbonyl (C=O) groups is 1. The zero-order valence-electron chi connectivity index (χ0n) is 14.5. The third-order valence-electron chi connectivity index (χ3n) is 5.04. The summed E-state index contributed by atoms with van der Waals surface area (Å²) >= 11 is 0. The van der Waals surface area contributed by atoms with E-state index in [-0.39, 0.29) is 11.8 Å². The van der Waals surface area contributed by atoms with Gasteiger partial charge in [-0.3, -0.25) is 4.79 Å². The molecule has 1 amide bonds. The van der Waals surface area contributed by atoms with Crippen LogP contribution < -0.4 is 5.32 Å². The van der Waals surface area contributed by atoms with Gasteiger partial charge in [0.25, 0.3) is 0 Å². The highest BCUT2D eigenvalue weighted by Gasteiger charge is 2.21. The van der Waals surface area contributed by atoms with E-state index in [9.17, 15) is 4.79 Å². The van der Waals surface area contributed by atoms with Crippen molar-refractivity contribution in [3.63, 3.8) is 0 Å². The first kappa shape index (κ1) is 16.8. The van der Waals surface area contributed by atoms with E-state index in [0.717, 1.165) is 12.8 Å². The molecule has 1 saturated carbocycles. The van der Waals surface area contributed by atoms with E-state index >= 15 is 0 Å². The maximum atomic E-state index is 12.6. The van der Waals surface area contributed by atoms with Crippen LogP contribution in [0.4, 0.5) is 0 Å². The molecule has 1 aliphatic rings. The van der Waals surface area contributed by atoms with Crippen LogP contribution >= 0.6 is 0 Å². The number of aryl methyl sites for hydroxylation is 1. The van der Waals surface area contributed by atoms with Gasteiger partial charge < -0.3 is 5.32 Å². The van der Waals surface area contributed by atoms with E-state index in [0.29, 0.717) is 12.5 Å². The normalized spacial score (nSPS) is 16.5. The van der Waals surface area contributed by atoms with Crippen molar-refractivity contribution in [2.24, 2.45) is 0 Å². The zero-order chi connectivity index (χ0) is 16.8. The summed E-state index contributed by atoms with van der Waals surface area (Å²) < 4.78 is 0. The highest BCUT2D eigenvalue weighted by molar-refractivity contribution is 5.78. The zero-order valence-corrected chi connectivity index (χ0v) is 14.5. The van der Waals surface area contributed by atoms with Crippen LogP contribution in [0.1, 0.15) is 61.1 Å². The van der Waals surface area contributed by atoms with Gasteiger partial charge in [0, 0.05) is 18.4 Å². The summed E-state index contributed by atoms with van der Waals surface area (Å²) in [7, 11) is 0. The molecule has 2 aromatic carbocycles. The molecule has 0 unspecified atom stereocenters. The molecule has 1 fully saturated rings. The molecule has 126 valence electrons. The first-order valence-corrected chi connectivity index (χ1v) is 9.13. The number of nitrogens with one attached hydrogen (secondary N) is 1. The number of hydrogen-bond donors (Lipinski definition) is 1. The van der Waals surface area contributed by atoms with E-state index in [1.807, 2.05) is 6.07 Å². The summed E-state index contributed by atoms with van der Waals surface area (Å²) in [5.74, 6) is 0.298. The van der Waals surface area contributed by atoms with Crippen LogP contribution in [-0.2, 0) is 4.79 Å². The van der Waals surface area contributed by atoms with Gasteiger partial charge in [-0.25, -0.2) is 0 Å². The van der Waals surface area contributed by atoms with Gasteiger partial charge >= 0.3 is 0 Å². The van der Waals surface area contributed by atoms with Gasteiger partial charge in [-0.15, -0.1) is 0 Å². The van der Waals surface area contributed by atoms with Gasteiger partial charge in [0.2, 0.25) is 5.91 Å². The quantitative estimate of drug-likeness (QED) is 0.828. The van der Waals surface area contributed by atoms with Crippen LogP contribution in [0.2, 0.25) is 0 Å². The number of amides is 1. The van der Waals surface area contributed by atoms with E-state index < -0.39 is 0 Å². The van der Waals surface area contributed by atoms with Crippen molar-refractivity contribution in [1.29, 1.82) is 0 Å². The Morgan fingerprint density at radius 2 is 1.58 bits per heavy atom. The van der Waals surface area contributed by atoms with Crippen molar-refractivity contribution >= 4 is 5.91 Å². The Balaban J connectivity index is 1.74. The van der Waals surface area contributed by atoms with Crippen molar-refractivity contribution in [3.05, 3.63) is 71.3 Å². The predicted molar refractivity (Wildman–Crippen MR) is 99.1 cm³/mol. The third kappa shape index (κ3) is 4.47. The molecule has 0 aliphatic heterocycles. The second-order valence-electron chi connectivity index (χ2n) is 6.98. The van der Waals surface area contributed by atoms with Crippen LogP contribution in [0, 0.1) is 6.92 Å². The summed E-state index contributed by atoms with van der Waals surface area (Å²) in [5.41, 5.74) is 3.67. The van der Waals surface area contributed by atoms with Crippen LogP contribution in [-0.4, -0.2) is 11.9 Å². The van der Waals surface area contributed by atoms with Gasteiger partial charge in [-0.1, -0.05) is 79.4 Å². The average Bonchev–Trinajstić information content (AvgIpc) is 2.62. The van der Waals surface area contributed by atoms with Crippen LogP contribution in [0.25, 0.3) is 0 Å². The van der Waals surface area contributed by atoms with Crippen molar-refractivity contribution in [2.45, 2.75) is 57.4 Å². The molecule has 1 aliphatic carbocycles. The topological polar surface area (TPSA) is 29.1 Å². The van der Waals surface area contributed by atoms with E-state index in [4.69, 9.17) is 0 Å². The molecule has 0 radical (unpaired) electrons. The summed E-state index contributed by atoms with van der Waals surface area (Å²) in [6, 6.07) is 19.3. The molecule has 2 nitrogen and oxygen atoms in total. The lowest BCUT2D eigenvalue weighted by atomic mass is 9.87. The minimum absolute atomic E-state index is 0.121. The highest BCUT2D eigenvalue weighted by atomic mass is 16.1. The largest absolute Gasteiger partial charge is 0.353 e. The molecular formula is C22H27NO. The molecule has 0 spiro atoms. The third-order valence-corrected chi connectivity index (χ3v) is 5.04. The molecule has 2 aromatic rings. The van der Waals surface area contributed by atoms with Crippen molar-refractivity contribution < 1.29 is 4.79 Å². The summed E-state index contributed by atoms with van der Waals surface area (Å²) in [5, 5.41) is 3.26. The maximum Gasteiger partial charge on any atom is 0.221 e. The second-order valence-corrected chi connectivity index (χ2v) is 6.98. The Hall–Kier alpha value is -2.09. The summed E-state index contributed by atoms with van der Waals surface area (Å²) in [4.78, 5) is 12.6. The van der Waals surface area contributed by atoms with Crippen molar-refractivity contribution in [1.82, 2.24) is 5.32 Å². The van der Waals surface area contributed by atoms with Crippen molar-refractivity contribution in [2.75, 3.05) is 0 Å². The maximum absolute atomic E-state index is 12.6. The van der Waals surface area contributed by atoms with Gasteiger partial charge in [0.05, 0.1) is 0 Å². The van der Waals surface area contributed by atoms with Gasteiger partial charge in [-0.05, 0) is 30.9 Å². The fourth-order valence-electron chi connectivity index (χ4n) is 3.63. The number of carbonyl (C=O) groups excluding carboxylic acids is 1. The van der Waals surface area contributed by atoms with Crippen LogP contribution in [0.15, 0.2) is 54.6 Å². The highest BCUT2D eigenvalue weighted by Crippen LogP contribution is 2.28. The summed E-state index contributed by atoms with van der Waals surface area (Å²) in [6.07, 6.45) is 6.57. The number of rotatable bonds is 5. The standard InChI is InChI=1S/C22H27NO/c1-17-12-14-19(15-13-17)21(18-8-4-2-5-9-18)16-22(24)23-20-10-6-3-7-11-20/h2,4-5,8-9,12-15,20-21H,3,6-7,10-11,16H2,1H3,(H,23,24)/t21-/m0/s1. The predicted octanol–water partition coefficient (Wildman–Crippen LogP) is 4.97. The summed E-state index contributed by atoms with van der Waals surface area (Å²) in [6.45, 7) is 2.09. The number of benzene rings is 2. The van der Waals surface area contributed by atoms with Gasteiger partial charge in [0.1, 0.15) is 0 Å². The van der Waals surface area contributed by atoms with Gasteiger partial charge in [0.15, 0.2) is 0 Å².